The molecule has 0 amide bonds. The van der Waals surface area contributed by atoms with Crippen molar-refractivity contribution < 1.29 is 5.11 Å². The van der Waals surface area contributed by atoms with Gasteiger partial charge in [0.15, 0.2) is 0 Å². The number of hydrogen-bond donors (Lipinski definition) is 2. The fraction of sp³-hybridized carbons (Fsp3) is 0.261. The van der Waals surface area contributed by atoms with Gasteiger partial charge < -0.3 is 10.0 Å². The molecule has 0 unspecified atom stereocenters. The number of aliphatic imine (C=N–C) groups is 1. The molecule has 0 aliphatic heterocycles. The maximum absolute atomic E-state index is 12.2. The van der Waals surface area contributed by atoms with E-state index < -0.39 is 11.2 Å². The Labute approximate surface area is 175 Å². The van der Waals surface area contributed by atoms with Crippen LogP contribution in [0.25, 0.3) is 0 Å². The smallest absolute Gasteiger partial charge is 0.331 e. The van der Waals surface area contributed by atoms with Crippen LogP contribution in [0, 0.1) is 0 Å². The number of anilines is 1. The third-order valence-electron chi connectivity index (χ3n) is 4.99. The number of H-pyrrole nitrogens is 1. The first-order chi connectivity index (χ1) is 14.5. The minimum atomic E-state index is -0.669. The van der Waals surface area contributed by atoms with Crippen LogP contribution in [0.15, 0.2) is 69.2 Å². The molecule has 0 bridgehead atoms. The van der Waals surface area contributed by atoms with E-state index in [0.717, 1.165) is 28.9 Å². The Morgan fingerprint density at radius 3 is 2.33 bits per heavy atom. The van der Waals surface area contributed by atoms with Gasteiger partial charge in [-0.05, 0) is 50.1 Å². The largest absolute Gasteiger partial charge is 0.494 e. The molecular formula is C23H26N4O3. The first kappa shape index (κ1) is 21.1. The van der Waals surface area contributed by atoms with Crippen molar-refractivity contribution >= 4 is 17.6 Å². The molecule has 30 heavy (non-hydrogen) atoms. The number of aromatic amines is 1. The number of aromatic hydroxyl groups is 1. The zero-order chi connectivity index (χ0) is 21.5. The van der Waals surface area contributed by atoms with E-state index >= 15 is 0 Å². The van der Waals surface area contributed by atoms with Crippen molar-refractivity contribution in [3.8, 4) is 5.88 Å². The van der Waals surface area contributed by atoms with Crippen molar-refractivity contribution in [2.45, 2.75) is 26.8 Å². The van der Waals surface area contributed by atoms with Gasteiger partial charge in [-0.1, -0.05) is 30.3 Å². The van der Waals surface area contributed by atoms with Gasteiger partial charge in [-0.3, -0.25) is 19.3 Å². The highest BCUT2D eigenvalue weighted by Gasteiger charge is 2.12. The lowest BCUT2D eigenvalue weighted by molar-refractivity contribution is 0.399. The quantitative estimate of drug-likeness (QED) is 0.563. The number of aromatic nitrogens is 2. The summed E-state index contributed by atoms with van der Waals surface area (Å²) >= 11 is 0. The van der Waals surface area contributed by atoms with Crippen LogP contribution >= 0.6 is 0 Å². The molecule has 1 aromatic heterocycles. The van der Waals surface area contributed by atoms with Crippen molar-refractivity contribution in [3.63, 3.8) is 0 Å². The average Bonchev–Trinajstić information content (AvgIpc) is 2.76. The highest BCUT2D eigenvalue weighted by molar-refractivity contribution is 5.84. The fourth-order valence-corrected chi connectivity index (χ4v) is 3.26. The molecule has 0 aliphatic carbocycles. The fourth-order valence-electron chi connectivity index (χ4n) is 3.26. The summed E-state index contributed by atoms with van der Waals surface area (Å²) in [5, 5.41) is 10.5. The molecule has 3 aromatic rings. The molecule has 2 N–H and O–H groups in total. The number of nitrogens with one attached hydrogen (secondary N) is 1. The zero-order valence-electron chi connectivity index (χ0n) is 17.2. The summed E-state index contributed by atoms with van der Waals surface area (Å²) in [4.78, 5) is 33.1. The Bertz CT molecular complexity index is 1110. The molecule has 156 valence electrons. The summed E-state index contributed by atoms with van der Waals surface area (Å²) in [6, 6.07) is 17.2. The van der Waals surface area contributed by atoms with E-state index in [0.29, 0.717) is 12.1 Å². The van der Waals surface area contributed by atoms with Crippen molar-refractivity contribution in [2.24, 2.45) is 4.99 Å². The van der Waals surface area contributed by atoms with Crippen LogP contribution in [0.4, 0.5) is 11.4 Å². The Morgan fingerprint density at radius 1 is 1.03 bits per heavy atom. The lowest BCUT2D eigenvalue weighted by atomic mass is 10.1. The summed E-state index contributed by atoms with van der Waals surface area (Å²) in [5.41, 5.74) is 1.40. The minimum absolute atomic E-state index is 0.0459. The van der Waals surface area contributed by atoms with Crippen LogP contribution < -0.4 is 16.1 Å². The van der Waals surface area contributed by atoms with Crippen molar-refractivity contribution in [2.75, 3.05) is 18.0 Å². The monoisotopic (exact) mass is 406 g/mol. The zero-order valence-corrected chi connectivity index (χ0v) is 17.2. The van der Waals surface area contributed by atoms with Gasteiger partial charge in [-0.15, -0.1) is 0 Å². The van der Waals surface area contributed by atoms with E-state index in [2.05, 4.69) is 28.7 Å². The Kier molecular flexibility index (Phi) is 6.85. The van der Waals surface area contributed by atoms with Crippen molar-refractivity contribution in [3.05, 3.63) is 86.6 Å². The van der Waals surface area contributed by atoms with Crippen molar-refractivity contribution in [1.29, 1.82) is 0 Å². The summed E-state index contributed by atoms with van der Waals surface area (Å²) in [5.74, 6) is -0.386. The van der Waals surface area contributed by atoms with Crippen LogP contribution in [0.1, 0.15) is 25.0 Å². The van der Waals surface area contributed by atoms with Gasteiger partial charge in [-0.25, -0.2) is 4.79 Å². The second-order valence-corrected chi connectivity index (χ2v) is 6.83. The normalized spacial score (nSPS) is 11.1. The summed E-state index contributed by atoms with van der Waals surface area (Å²) in [7, 11) is 0. The Balaban J connectivity index is 1.83. The molecule has 0 atom stereocenters. The number of hydrogen-bond acceptors (Lipinski definition) is 5. The van der Waals surface area contributed by atoms with E-state index in [9.17, 15) is 14.7 Å². The van der Waals surface area contributed by atoms with Gasteiger partial charge in [0, 0.05) is 31.5 Å². The first-order valence-electron chi connectivity index (χ1n) is 10.0. The lowest BCUT2D eigenvalue weighted by Crippen LogP contribution is -2.32. The first-order valence-corrected chi connectivity index (χ1v) is 10.0. The molecular weight excluding hydrogens is 380 g/mol. The third kappa shape index (κ3) is 4.86. The van der Waals surface area contributed by atoms with E-state index in [4.69, 9.17) is 0 Å². The van der Waals surface area contributed by atoms with Crippen LogP contribution in [-0.4, -0.2) is 34.0 Å². The molecule has 0 saturated carbocycles. The van der Waals surface area contributed by atoms with E-state index in [1.807, 2.05) is 54.6 Å². The molecule has 1 heterocycles. The number of aryl methyl sites for hydroxylation is 1. The van der Waals surface area contributed by atoms with E-state index in [1.165, 1.54) is 6.21 Å². The molecule has 7 nitrogen and oxygen atoms in total. The Hall–Kier alpha value is -3.61. The molecule has 7 heteroatoms. The molecule has 0 spiro atoms. The average molecular weight is 406 g/mol. The summed E-state index contributed by atoms with van der Waals surface area (Å²) in [6.07, 6.45) is 1.84. The van der Waals surface area contributed by atoms with Gasteiger partial charge in [0.05, 0.1) is 5.69 Å². The van der Waals surface area contributed by atoms with E-state index in [-0.39, 0.29) is 18.0 Å². The molecule has 0 radical (unpaired) electrons. The predicted molar refractivity (Wildman–Crippen MR) is 120 cm³/mol. The van der Waals surface area contributed by atoms with Crippen LogP contribution in [0.5, 0.6) is 5.88 Å². The maximum atomic E-state index is 12.2. The number of rotatable bonds is 8. The molecule has 3 rings (SSSR count). The third-order valence-corrected chi connectivity index (χ3v) is 4.99. The maximum Gasteiger partial charge on any atom is 0.331 e. The van der Waals surface area contributed by atoms with Gasteiger partial charge in [0.2, 0.25) is 5.88 Å². The molecule has 0 saturated heterocycles. The predicted octanol–water partition coefficient (Wildman–Crippen LogP) is 3.08. The van der Waals surface area contributed by atoms with Gasteiger partial charge in [0.1, 0.15) is 5.56 Å². The van der Waals surface area contributed by atoms with Gasteiger partial charge >= 0.3 is 5.69 Å². The molecule has 0 aliphatic rings. The van der Waals surface area contributed by atoms with Crippen molar-refractivity contribution in [1.82, 2.24) is 9.55 Å². The Morgan fingerprint density at radius 2 is 1.70 bits per heavy atom. The van der Waals surface area contributed by atoms with E-state index in [1.54, 1.807) is 0 Å². The number of benzene rings is 2. The van der Waals surface area contributed by atoms with Crippen LogP contribution in [0.2, 0.25) is 0 Å². The SMILES string of the molecule is CCN(CC)c1ccc(N=Cc2c(O)n(CCc3ccccc3)c(=O)[nH]c2=O)cc1. The van der Waals surface area contributed by atoms with Crippen LogP contribution in [0.3, 0.4) is 0 Å². The van der Waals surface area contributed by atoms with Gasteiger partial charge in [-0.2, -0.15) is 0 Å². The number of nitrogens with zero attached hydrogens (tertiary/aromatic N) is 3. The summed E-state index contributed by atoms with van der Waals surface area (Å²) < 4.78 is 1.15. The topological polar surface area (TPSA) is 90.7 Å². The van der Waals surface area contributed by atoms with Gasteiger partial charge in [0.25, 0.3) is 5.56 Å². The molecule has 2 aromatic carbocycles. The standard InChI is InChI=1S/C23H26N4O3/c1-3-26(4-2)19-12-10-18(11-13-19)24-16-20-21(28)25-23(30)27(22(20)29)15-14-17-8-6-5-7-9-17/h5-13,16,29H,3-4,14-15H2,1-2H3,(H,25,28,30). The van der Waals surface area contributed by atoms with Crippen LogP contribution in [-0.2, 0) is 13.0 Å². The molecule has 0 fully saturated rings. The lowest BCUT2D eigenvalue weighted by Gasteiger charge is -2.20. The second-order valence-electron chi connectivity index (χ2n) is 6.83. The summed E-state index contributed by atoms with van der Waals surface area (Å²) in [6.45, 7) is 6.25. The minimum Gasteiger partial charge on any atom is -0.494 e. The second kappa shape index (κ2) is 9.73. The highest BCUT2D eigenvalue weighted by atomic mass is 16.3. The highest BCUT2D eigenvalue weighted by Crippen LogP contribution is 2.20.